The van der Waals surface area contributed by atoms with Crippen LogP contribution in [-0.4, -0.2) is 26.4 Å². The van der Waals surface area contributed by atoms with Gasteiger partial charge >= 0.3 is 12.4 Å². The van der Waals surface area contributed by atoms with Crippen molar-refractivity contribution in [3.05, 3.63) is 83.9 Å². The summed E-state index contributed by atoms with van der Waals surface area (Å²) in [6.07, 6.45) is -11.0. The van der Waals surface area contributed by atoms with Gasteiger partial charge in [0, 0.05) is 16.9 Å². The predicted octanol–water partition coefficient (Wildman–Crippen LogP) is 6.70. The Hall–Kier alpha value is -3.31. The molecule has 0 radical (unpaired) electrons. The first-order chi connectivity index (χ1) is 15.9. The third-order valence-electron chi connectivity index (χ3n) is 4.72. The molecule has 0 fully saturated rings. The number of nitrogens with zero attached hydrogens (tertiary/aromatic N) is 1. The van der Waals surface area contributed by atoms with E-state index in [-0.39, 0.29) is 10.6 Å². The molecule has 3 rings (SSSR count). The number of alkyl halides is 6. The molecule has 0 saturated heterocycles. The molecule has 0 aromatic heterocycles. The lowest BCUT2D eigenvalue weighted by molar-refractivity contribution is -0.137. The molecular formula is C23H15F6N2O2S-. The molecule has 0 aliphatic heterocycles. The number of hydrogen-bond acceptors (Lipinski definition) is 4. The quantitative estimate of drug-likeness (QED) is 0.234. The zero-order chi connectivity index (χ0) is 25.1. The molecule has 0 amide bonds. The summed E-state index contributed by atoms with van der Waals surface area (Å²) in [5.41, 5.74) is -2.85. The van der Waals surface area contributed by atoms with Crippen LogP contribution >= 0.6 is 0 Å². The average molecular weight is 497 g/mol. The highest BCUT2D eigenvalue weighted by Crippen LogP contribution is 2.34. The van der Waals surface area contributed by atoms with Gasteiger partial charge in [0.25, 0.3) is 0 Å². The highest BCUT2D eigenvalue weighted by atomic mass is 32.2. The molecule has 0 bridgehead atoms. The molecule has 34 heavy (non-hydrogen) atoms. The van der Waals surface area contributed by atoms with Gasteiger partial charge in [0.15, 0.2) is 0 Å². The Morgan fingerprint density at radius 2 is 1.53 bits per heavy atom. The van der Waals surface area contributed by atoms with Crippen molar-refractivity contribution >= 4 is 28.2 Å². The van der Waals surface area contributed by atoms with E-state index in [2.05, 4.69) is 4.99 Å². The maximum absolute atomic E-state index is 13.5. The van der Waals surface area contributed by atoms with E-state index in [0.717, 1.165) is 18.2 Å². The summed E-state index contributed by atoms with van der Waals surface area (Å²) in [5, 5.41) is 7.28. The number of nitrogens with one attached hydrogen (secondary N) is 1. The Labute approximate surface area is 192 Å². The maximum Gasteiger partial charge on any atom is 0.429 e. The maximum atomic E-state index is 13.5. The fourth-order valence-corrected chi connectivity index (χ4v) is 3.52. The van der Waals surface area contributed by atoms with E-state index in [0.29, 0.717) is 11.1 Å². The average Bonchev–Trinajstić information content (AvgIpc) is 2.78. The van der Waals surface area contributed by atoms with Crippen molar-refractivity contribution in [1.82, 2.24) is 0 Å². The van der Waals surface area contributed by atoms with Crippen LogP contribution < -0.4 is 0 Å². The molecule has 1 atom stereocenters. The fourth-order valence-electron chi connectivity index (χ4n) is 3.11. The highest BCUT2D eigenvalue weighted by Gasteiger charge is 2.38. The fraction of sp³-hybridized carbons (Fsp3) is 0.130. The first-order valence-electron chi connectivity index (χ1n) is 9.55. The zero-order valence-corrected chi connectivity index (χ0v) is 17.9. The molecule has 3 aromatic rings. The minimum absolute atomic E-state index is 0.0521. The van der Waals surface area contributed by atoms with Crippen LogP contribution in [0.4, 0.5) is 32.0 Å². The molecule has 0 spiro atoms. The monoisotopic (exact) mass is 497 g/mol. The Morgan fingerprint density at radius 3 is 2.12 bits per heavy atom. The Bertz CT molecular complexity index is 1250. The zero-order valence-electron chi connectivity index (χ0n) is 17.1. The van der Waals surface area contributed by atoms with Crippen LogP contribution in [0.3, 0.4) is 0 Å². The Balaban J connectivity index is 2.05. The smallest absolute Gasteiger partial charge is 0.429 e. The molecule has 0 heterocycles. The van der Waals surface area contributed by atoms with E-state index in [1.165, 1.54) is 48.5 Å². The second-order valence-electron chi connectivity index (χ2n) is 7.06. The number of rotatable bonds is 6. The summed E-state index contributed by atoms with van der Waals surface area (Å²) in [7, 11) is 0. The van der Waals surface area contributed by atoms with Crippen LogP contribution in [0.15, 0.2) is 82.7 Å². The van der Waals surface area contributed by atoms with Gasteiger partial charge in [-0.15, -0.1) is 0 Å². The van der Waals surface area contributed by atoms with Crippen molar-refractivity contribution in [3.63, 3.8) is 0 Å². The van der Waals surface area contributed by atoms with Crippen LogP contribution in [0.1, 0.15) is 17.5 Å². The lowest BCUT2D eigenvalue weighted by atomic mass is 9.98. The second-order valence-corrected chi connectivity index (χ2v) is 8.01. The number of aliphatic imine (C=N–C) groups is 1. The van der Waals surface area contributed by atoms with E-state index < -0.39 is 52.4 Å². The van der Waals surface area contributed by atoms with Gasteiger partial charge in [-0.2, -0.15) is 26.3 Å². The van der Waals surface area contributed by atoms with E-state index in [9.17, 15) is 35.1 Å². The Kier molecular flexibility index (Phi) is 7.37. The topological polar surface area (TPSA) is 76.3 Å². The van der Waals surface area contributed by atoms with Gasteiger partial charge in [-0.3, -0.25) is 9.20 Å². The van der Waals surface area contributed by atoms with E-state index in [1.807, 2.05) is 0 Å². The third kappa shape index (κ3) is 6.17. The van der Waals surface area contributed by atoms with Gasteiger partial charge < -0.3 is 9.96 Å². The minimum Gasteiger partial charge on any atom is -0.768 e. The van der Waals surface area contributed by atoms with Crippen molar-refractivity contribution in [3.8, 4) is 11.1 Å². The van der Waals surface area contributed by atoms with E-state index in [1.54, 1.807) is 6.07 Å². The normalized spacial score (nSPS) is 13.6. The largest absolute Gasteiger partial charge is 0.768 e. The molecule has 11 heteroatoms. The van der Waals surface area contributed by atoms with Crippen molar-refractivity contribution in [1.29, 1.82) is 5.41 Å². The molecular weight excluding hydrogens is 482 g/mol. The van der Waals surface area contributed by atoms with Crippen molar-refractivity contribution in [2.24, 2.45) is 4.99 Å². The number of benzene rings is 3. The van der Waals surface area contributed by atoms with Gasteiger partial charge in [-0.25, -0.2) is 0 Å². The molecule has 0 saturated carbocycles. The van der Waals surface area contributed by atoms with Crippen LogP contribution in [0.2, 0.25) is 0 Å². The van der Waals surface area contributed by atoms with Gasteiger partial charge in [0.05, 0.1) is 17.0 Å². The Morgan fingerprint density at radius 1 is 0.882 bits per heavy atom. The second kappa shape index (κ2) is 9.90. The summed E-state index contributed by atoms with van der Waals surface area (Å²) >= 11 is -2.45. The lowest BCUT2D eigenvalue weighted by Gasteiger charge is -2.16. The molecule has 178 valence electrons. The summed E-state index contributed by atoms with van der Waals surface area (Å²) in [6.45, 7) is 0. The molecule has 3 aromatic carbocycles. The van der Waals surface area contributed by atoms with Crippen LogP contribution in [-0.2, 0) is 17.3 Å². The molecule has 1 unspecified atom stereocenters. The summed E-state index contributed by atoms with van der Waals surface area (Å²) in [4.78, 5) is 4.07. The van der Waals surface area contributed by atoms with Crippen molar-refractivity contribution in [2.45, 2.75) is 23.7 Å². The van der Waals surface area contributed by atoms with Gasteiger partial charge in [-0.05, 0) is 52.5 Å². The van der Waals surface area contributed by atoms with E-state index >= 15 is 0 Å². The van der Waals surface area contributed by atoms with E-state index in [4.69, 9.17) is 5.41 Å². The van der Waals surface area contributed by atoms with Crippen molar-refractivity contribution in [2.75, 3.05) is 0 Å². The summed E-state index contributed by atoms with van der Waals surface area (Å²) in [5.74, 6) is 0. The van der Waals surface area contributed by atoms with Crippen LogP contribution in [0.5, 0.6) is 0 Å². The van der Waals surface area contributed by atoms with Gasteiger partial charge in [0.1, 0.15) is 5.71 Å². The van der Waals surface area contributed by atoms with Crippen LogP contribution in [0, 0.1) is 5.41 Å². The lowest BCUT2D eigenvalue weighted by Crippen LogP contribution is -2.26. The summed E-state index contributed by atoms with van der Waals surface area (Å²) < 4.78 is 102. The standard InChI is InChI=1S/C23H16F6N2O2S/c24-22(25,26)19-7-2-1-6-18(19)20(13-21(30)23(27,28)29)31-16-10-8-14(9-11-16)15-4-3-5-17(12-15)34(32)33/h1-12,30H,13H2,(H,32,33)/p-1. The molecule has 0 aliphatic rings. The van der Waals surface area contributed by atoms with Gasteiger partial charge in [-0.1, -0.05) is 42.5 Å². The first kappa shape index (κ1) is 25.3. The summed E-state index contributed by atoms with van der Waals surface area (Å²) in [6, 6.07) is 15.8. The molecule has 4 nitrogen and oxygen atoms in total. The number of hydrogen-bond donors (Lipinski definition) is 1. The molecule has 0 aliphatic carbocycles. The van der Waals surface area contributed by atoms with Crippen LogP contribution in [0.25, 0.3) is 11.1 Å². The SMILES string of the molecule is N=C(CC(=Nc1ccc(-c2cccc(S(=O)[O-])c2)cc1)c1ccccc1C(F)(F)F)C(F)(F)F. The predicted molar refractivity (Wildman–Crippen MR) is 115 cm³/mol. The van der Waals surface area contributed by atoms with Crippen molar-refractivity contribution < 1.29 is 35.1 Å². The van der Waals surface area contributed by atoms with Gasteiger partial charge in [0.2, 0.25) is 0 Å². The minimum atomic E-state index is -5.02. The highest BCUT2D eigenvalue weighted by molar-refractivity contribution is 7.79. The molecule has 1 N–H and O–H groups in total. The first-order valence-corrected chi connectivity index (χ1v) is 10.6. The number of halogens is 6. The third-order valence-corrected chi connectivity index (χ3v) is 5.36.